The Morgan fingerprint density at radius 3 is 2.65 bits per heavy atom. The molecule has 2 N–H and O–H groups in total. The fraction of sp³-hybridized carbons (Fsp3) is 0.500. The second-order valence-corrected chi connectivity index (χ2v) is 7.62. The molecular formula is C20H28N6O5+. The van der Waals surface area contributed by atoms with Crippen molar-refractivity contribution in [3.8, 4) is 6.01 Å². The Morgan fingerprint density at radius 1 is 1.26 bits per heavy atom. The van der Waals surface area contributed by atoms with Crippen molar-refractivity contribution in [2.24, 2.45) is 0 Å². The number of quaternary nitrogens is 1. The van der Waals surface area contributed by atoms with Crippen LogP contribution in [0.4, 0.5) is 21.5 Å². The third-order valence-electron chi connectivity index (χ3n) is 4.98. The van der Waals surface area contributed by atoms with Crippen molar-refractivity contribution >= 4 is 24.1 Å². The number of hydrogen-bond acceptors (Lipinski definition) is 9. The molecule has 2 heterocycles. The van der Waals surface area contributed by atoms with Gasteiger partial charge in [0.25, 0.3) is 0 Å². The van der Waals surface area contributed by atoms with Crippen LogP contribution in [0.3, 0.4) is 0 Å². The molecule has 0 aromatic carbocycles. The highest BCUT2D eigenvalue weighted by atomic mass is 16.6. The van der Waals surface area contributed by atoms with E-state index in [4.69, 9.17) is 9.47 Å². The molecule has 0 atom stereocenters. The fourth-order valence-corrected chi connectivity index (χ4v) is 3.14. The third-order valence-corrected chi connectivity index (χ3v) is 4.98. The van der Waals surface area contributed by atoms with Crippen molar-refractivity contribution in [3.63, 3.8) is 0 Å². The first kappa shape index (κ1) is 22.5. The zero-order valence-electron chi connectivity index (χ0n) is 17.9. The number of rotatable bonds is 5. The Balaban J connectivity index is 1.66. The number of hydrogen-bond donors (Lipinski definition) is 2. The largest absolute Gasteiger partial charge is 0.528 e. The molecule has 31 heavy (non-hydrogen) atoms. The molecule has 0 saturated carbocycles. The van der Waals surface area contributed by atoms with Gasteiger partial charge >= 0.3 is 24.1 Å². The third kappa shape index (κ3) is 5.69. The van der Waals surface area contributed by atoms with Crippen LogP contribution in [0.25, 0.3) is 0 Å². The van der Waals surface area contributed by atoms with Gasteiger partial charge < -0.3 is 24.8 Å². The number of carbonyl (C=O) groups is 2. The molecule has 1 aromatic rings. The number of nitrogens with one attached hydrogen (secondary N) is 1. The van der Waals surface area contributed by atoms with Crippen LogP contribution in [-0.2, 0) is 9.47 Å². The molecule has 11 nitrogen and oxygen atoms in total. The van der Waals surface area contributed by atoms with Crippen LogP contribution >= 0.6 is 0 Å². The summed E-state index contributed by atoms with van der Waals surface area (Å²) < 4.78 is 10.0. The van der Waals surface area contributed by atoms with Gasteiger partial charge in [0.1, 0.15) is 5.76 Å². The number of aromatic nitrogens is 3. The molecule has 2 amide bonds. The Labute approximate surface area is 181 Å². The van der Waals surface area contributed by atoms with E-state index in [2.05, 4.69) is 20.3 Å². The number of nitrogens with zero attached hydrogens (tertiary/aromatic N) is 5. The standard InChI is InChI=1S/C20H27N6O5/c1-4-30-19(28)25-12-10-14(11-13-25)21-16-22-17(24-18(27)23-16)26(2,3)20(29)31-15-8-6-5-7-9-15/h5-6,8-9,14H,4,7,10-13H2,1-3H3,(H-,21,22,23,24,27)/p+1. The summed E-state index contributed by atoms with van der Waals surface area (Å²) in [5.41, 5.74) is 0. The SMILES string of the molecule is CCOC(=O)N1CCC(Nc2nc(O)nc([N+](C)(C)C(=O)OC3=CC[CH]C=C3)n2)CC1. The highest BCUT2D eigenvalue weighted by Gasteiger charge is 2.37. The van der Waals surface area contributed by atoms with Crippen molar-refractivity contribution < 1.29 is 24.2 Å². The summed E-state index contributed by atoms with van der Waals surface area (Å²) >= 11 is 0. The van der Waals surface area contributed by atoms with Gasteiger partial charge in [-0.25, -0.2) is 4.79 Å². The monoisotopic (exact) mass is 432 g/mol. The van der Waals surface area contributed by atoms with Gasteiger partial charge in [-0.2, -0.15) is 14.3 Å². The van der Waals surface area contributed by atoms with Gasteiger partial charge in [0, 0.05) is 19.1 Å². The lowest BCUT2D eigenvalue weighted by atomic mass is 10.1. The molecular weight excluding hydrogens is 404 g/mol. The molecule has 1 aliphatic carbocycles. The van der Waals surface area contributed by atoms with Gasteiger partial charge in [0.2, 0.25) is 5.95 Å². The van der Waals surface area contributed by atoms with E-state index < -0.39 is 16.6 Å². The minimum absolute atomic E-state index is 0.00308. The van der Waals surface area contributed by atoms with Crippen LogP contribution in [0.5, 0.6) is 6.01 Å². The molecule has 1 fully saturated rings. The Kier molecular flexibility index (Phi) is 7.06. The first-order chi connectivity index (χ1) is 14.8. The normalized spacial score (nSPS) is 17.1. The van der Waals surface area contributed by atoms with Crippen LogP contribution < -0.4 is 9.80 Å². The molecule has 11 heteroatoms. The molecule has 1 aliphatic heterocycles. The first-order valence-corrected chi connectivity index (χ1v) is 10.2. The summed E-state index contributed by atoms with van der Waals surface area (Å²) in [5.74, 6) is 0.641. The Hall–Kier alpha value is -3.21. The van der Waals surface area contributed by atoms with Crippen molar-refractivity contribution in [3.05, 3.63) is 30.4 Å². The lowest BCUT2D eigenvalue weighted by Gasteiger charge is -2.31. The predicted molar refractivity (Wildman–Crippen MR) is 113 cm³/mol. The van der Waals surface area contributed by atoms with E-state index >= 15 is 0 Å². The van der Waals surface area contributed by atoms with Gasteiger partial charge in [-0.1, -0.05) is 6.08 Å². The zero-order chi connectivity index (χ0) is 22.4. The van der Waals surface area contributed by atoms with E-state index in [0.29, 0.717) is 44.7 Å². The summed E-state index contributed by atoms with van der Waals surface area (Å²) in [6, 6.07) is -0.501. The van der Waals surface area contributed by atoms with E-state index in [0.717, 1.165) is 0 Å². The number of allylic oxidation sites excluding steroid dienone is 3. The molecule has 3 rings (SSSR count). The van der Waals surface area contributed by atoms with Crippen LogP contribution in [0.2, 0.25) is 0 Å². The summed E-state index contributed by atoms with van der Waals surface area (Å²) in [7, 11) is 3.13. The van der Waals surface area contributed by atoms with Gasteiger partial charge in [-0.05, 0) is 44.8 Å². The lowest BCUT2D eigenvalue weighted by molar-refractivity contribution is 0.0983. The van der Waals surface area contributed by atoms with E-state index in [1.165, 1.54) is 0 Å². The van der Waals surface area contributed by atoms with Crippen molar-refractivity contribution in [2.45, 2.75) is 32.2 Å². The summed E-state index contributed by atoms with van der Waals surface area (Å²) in [4.78, 5) is 38.4. The smallest absolute Gasteiger partial charge is 0.479 e. The molecule has 1 saturated heterocycles. The maximum atomic E-state index is 12.7. The average Bonchev–Trinajstić information content (AvgIpc) is 2.74. The van der Waals surface area contributed by atoms with Crippen molar-refractivity contribution in [1.82, 2.24) is 24.3 Å². The quantitative estimate of drug-likeness (QED) is 0.674. The second-order valence-electron chi connectivity index (χ2n) is 7.62. The molecule has 167 valence electrons. The predicted octanol–water partition coefficient (Wildman–Crippen LogP) is 2.36. The van der Waals surface area contributed by atoms with Gasteiger partial charge in [0.15, 0.2) is 0 Å². The van der Waals surface area contributed by atoms with Gasteiger partial charge in [-0.15, -0.1) is 9.97 Å². The van der Waals surface area contributed by atoms with E-state index in [-0.39, 0.29) is 24.0 Å². The van der Waals surface area contributed by atoms with Crippen LogP contribution in [0, 0.1) is 6.42 Å². The highest BCUT2D eigenvalue weighted by molar-refractivity contribution is 5.80. The van der Waals surface area contributed by atoms with Crippen LogP contribution in [0.1, 0.15) is 26.2 Å². The molecule has 0 bridgehead atoms. The van der Waals surface area contributed by atoms with Crippen molar-refractivity contribution in [2.75, 3.05) is 39.1 Å². The van der Waals surface area contributed by atoms with Crippen molar-refractivity contribution in [1.29, 1.82) is 0 Å². The minimum Gasteiger partial charge on any atom is -0.479 e. The molecule has 0 spiro atoms. The number of carbonyl (C=O) groups excluding carboxylic acids is 2. The van der Waals surface area contributed by atoms with E-state index in [1.807, 2.05) is 12.5 Å². The topological polar surface area (TPSA) is 127 Å². The lowest BCUT2D eigenvalue weighted by Crippen LogP contribution is -2.48. The highest BCUT2D eigenvalue weighted by Crippen LogP contribution is 2.23. The Morgan fingerprint density at radius 2 is 2.00 bits per heavy atom. The number of piperidine rings is 1. The van der Waals surface area contributed by atoms with Crippen LogP contribution in [-0.4, -0.2) is 77.0 Å². The second kappa shape index (κ2) is 9.73. The maximum Gasteiger partial charge on any atom is 0.528 e. The number of likely N-dealkylation sites (tertiary alicyclic amines) is 1. The number of amides is 2. The number of anilines is 1. The first-order valence-electron chi connectivity index (χ1n) is 10.2. The van der Waals surface area contributed by atoms with E-state index in [1.54, 1.807) is 38.1 Å². The van der Waals surface area contributed by atoms with E-state index in [9.17, 15) is 14.7 Å². The zero-order valence-corrected chi connectivity index (χ0v) is 17.9. The summed E-state index contributed by atoms with van der Waals surface area (Å²) in [6.45, 7) is 3.18. The molecule has 1 radical (unpaired) electrons. The van der Waals surface area contributed by atoms with Gasteiger partial charge in [0.05, 0.1) is 20.7 Å². The maximum absolute atomic E-state index is 12.7. The molecule has 0 unspecified atom stereocenters. The van der Waals surface area contributed by atoms with Crippen LogP contribution in [0.15, 0.2) is 24.0 Å². The summed E-state index contributed by atoms with van der Waals surface area (Å²) in [6.07, 6.45) is 8.33. The minimum atomic E-state index is -0.600. The average molecular weight is 432 g/mol. The van der Waals surface area contributed by atoms with Gasteiger partial charge in [-0.3, -0.25) is 0 Å². The summed E-state index contributed by atoms with van der Waals surface area (Å²) in [5, 5.41) is 13.2. The fourth-order valence-electron chi connectivity index (χ4n) is 3.14. The number of aromatic hydroxyl groups is 1. The molecule has 1 aromatic heterocycles. The number of ether oxygens (including phenoxy) is 2. The Bertz CT molecular complexity index is 877. The molecule has 2 aliphatic rings.